The van der Waals surface area contributed by atoms with Gasteiger partial charge in [-0.15, -0.1) is 10.2 Å². The van der Waals surface area contributed by atoms with Gasteiger partial charge < -0.3 is 14.8 Å². The summed E-state index contributed by atoms with van der Waals surface area (Å²) in [6.45, 7) is 1.77. The number of nitrogens with one attached hydrogen (secondary N) is 1. The average molecular weight is 319 g/mol. The maximum atomic E-state index is 12.4. The fraction of sp³-hybridized carbons (Fsp3) is 0.167. The molecule has 0 saturated heterocycles. The van der Waals surface area contributed by atoms with Crippen molar-refractivity contribution < 1.29 is 4.79 Å². The third-order valence-corrected chi connectivity index (χ3v) is 4.10. The van der Waals surface area contributed by atoms with Crippen LogP contribution in [0.25, 0.3) is 11.4 Å². The van der Waals surface area contributed by atoms with Gasteiger partial charge in [0.1, 0.15) is 0 Å². The second kappa shape index (κ2) is 6.16. The molecule has 1 aliphatic heterocycles. The SMILES string of the molecule is O=C(Nc1ccccc1)N1CCn2c(nnc2-c2ccccc2)C1. The molecule has 0 spiro atoms. The lowest BCUT2D eigenvalue weighted by atomic mass is 10.2. The number of urea groups is 1. The van der Waals surface area contributed by atoms with Crippen LogP contribution in [-0.4, -0.2) is 32.2 Å². The summed E-state index contributed by atoms with van der Waals surface area (Å²) in [5.41, 5.74) is 1.83. The number of aromatic nitrogens is 3. The first kappa shape index (κ1) is 14.4. The number of carbonyl (C=O) groups excluding carboxylic acids is 1. The third-order valence-electron chi connectivity index (χ3n) is 4.10. The summed E-state index contributed by atoms with van der Waals surface area (Å²) in [7, 11) is 0. The van der Waals surface area contributed by atoms with Crippen molar-refractivity contribution in [3.05, 3.63) is 66.5 Å². The van der Waals surface area contributed by atoms with E-state index in [2.05, 4.69) is 20.1 Å². The standard InChI is InChI=1S/C18H17N5O/c24-18(19-15-9-5-2-6-10-15)22-11-12-23-16(13-22)20-21-17(23)14-7-3-1-4-8-14/h1-10H,11-13H2,(H,19,24). The highest BCUT2D eigenvalue weighted by atomic mass is 16.2. The predicted molar refractivity (Wildman–Crippen MR) is 91.3 cm³/mol. The Morgan fingerprint density at radius 3 is 2.38 bits per heavy atom. The minimum absolute atomic E-state index is 0.114. The maximum Gasteiger partial charge on any atom is 0.322 e. The maximum absolute atomic E-state index is 12.4. The largest absolute Gasteiger partial charge is 0.322 e. The van der Waals surface area contributed by atoms with E-state index in [1.807, 2.05) is 60.7 Å². The van der Waals surface area contributed by atoms with Crippen molar-refractivity contribution in [2.45, 2.75) is 13.1 Å². The number of anilines is 1. The Bertz CT molecular complexity index is 844. The number of benzene rings is 2. The molecule has 0 atom stereocenters. The van der Waals surface area contributed by atoms with E-state index in [0.29, 0.717) is 19.6 Å². The van der Waals surface area contributed by atoms with E-state index in [9.17, 15) is 4.79 Å². The van der Waals surface area contributed by atoms with E-state index in [0.717, 1.165) is 22.9 Å². The summed E-state index contributed by atoms with van der Waals surface area (Å²) in [5.74, 6) is 1.66. The lowest BCUT2D eigenvalue weighted by molar-refractivity contribution is 0.196. The molecule has 0 aliphatic carbocycles. The zero-order valence-corrected chi connectivity index (χ0v) is 13.1. The zero-order valence-electron chi connectivity index (χ0n) is 13.1. The van der Waals surface area contributed by atoms with E-state index in [4.69, 9.17) is 0 Å². The van der Waals surface area contributed by atoms with Crippen molar-refractivity contribution in [2.24, 2.45) is 0 Å². The zero-order chi connectivity index (χ0) is 16.4. The molecule has 1 N–H and O–H groups in total. The van der Waals surface area contributed by atoms with Gasteiger partial charge in [-0.2, -0.15) is 0 Å². The normalized spacial score (nSPS) is 13.4. The molecule has 0 saturated carbocycles. The second-order valence-electron chi connectivity index (χ2n) is 5.68. The van der Waals surface area contributed by atoms with Crippen molar-refractivity contribution in [1.29, 1.82) is 0 Å². The molecule has 2 aromatic carbocycles. The van der Waals surface area contributed by atoms with E-state index in [1.165, 1.54) is 0 Å². The fourth-order valence-corrected chi connectivity index (χ4v) is 2.86. The Morgan fingerprint density at radius 2 is 1.62 bits per heavy atom. The highest BCUT2D eigenvalue weighted by Crippen LogP contribution is 2.21. The number of rotatable bonds is 2. The van der Waals surface area contributed by atoms with Gasteiger partial charge in [0.15, 0.2) is 11.6 Å². The van der Waals surface area contributed by atoms with Gasteiger partial charge in [0, 0.05) is 24.3 Å². The van der Waals surface area contributed by atoms with Crippen LogP contribution >= 0.6 is 0 Å². The Labute approximate surface area is 139 Å². The first-order valence-electron chi connectivity index (χ1n) is 7.90. The molecule has 1 aliphatic rings. The van der Waals surface area contributed by atoms with Crippen molar-refractivity contribution in [3.63, 3.8) is 0 Å². The minimum Gasteiger partial charge on any atom is -0.315 e. The summed E-state index contributed by atoms with van der Waals surface area (Å²) in [4.78, 5) is 14.2. The quantitative estimate of drug-likeness (QED) is 0.790. The number of hydrogen-bond acceptors (Lipinski definition) is 3. The molecule has 0 fully saturated rings. The summed E-state index contributed by atoms with van der Waals surface area (Å²) >= 11 is 0. The Morgan fingerprint density at radius 1 is 0.917 bits per heavy atom. The summed E-state index contributed by atoms with van der Waals surface area (Å²) in [6, 6.07) is 19.3. The minimum atomic E-state index is -0.114. The second-order valence-corrected chi connectivity index (χ2v) is 5.68. The van der Waals surface area contributed by atoms with Crippen LogP contribution < -0.4 is 5.32 Å². The van der Waals surface area contributed by atoms with Crippen LogP contribution in [-0.2, 0) is 13.1 Å². The van der Waals surface area contributed by atoms with E-state index in [1.54, 1.807) is 4.90 Å². The molecule has 0 radical (unpaired) electrons. The smallest absolute Gasteiger partial charge is 0.315 e. The lowest BCUT2D eigenvalue weighted by Gasteiger charge is -2.28. The van der Waals surface area contributed by atoms with Gasteiger partial charge in [0.25, 0.3) is 0 Å². The molecule has 120 valence electrons. The number of amides is 2. The van der Waals surface area contributed by atoms with Crippen LogP contribution in [0.15, 0.2) is 60.7 Å². The monoisotopic (exact) mass is 319 g/mol. The molecule has 2 heterocycles. The Balaban J connectivity index is 1.51. The van der Waals surface area contributed by atoms with Crippen LogP contribution in [0.2, 0.25) is 0 Å². The highest BCUT2D eigenvalue weighted by Gasteiger charge is 2.24. The highest BCUT2D eigenvalue weighted by molar-refractivity contribution is 5.89. The summed E-state index contributed by atoms with van der Waals surface area (Å²) in [5, 5.41) is 11.5. The van der Waals surface area contributed by atoms with Gasteiger partial charge in [-0.1, -0.05) is 48.5 Å². The number of para-hydroxylation sites is 1. The van der Waals surface area contributed by atoms with Gasteiger partial charge in [0.05, 0.1) is 6.54 Å². The predicted octanol–water partition coefficient (Wildman–Crippen LogP) is 2.99. The lowest BCUT2D eigenvalue weighted by Crippen LogP contribution is -2.41. The van der Waals surface area contributed by atoms with E-state index < -0.39 is 0 Å². The van der Waals surface area contributed by atoms with Crippen LogP contribution in [0.5, 0.6) is 0 Å². The van der Waals surface area contributed by atoms with Crippen molar-refractivity contribution in [2.75, 3.05) is 11.9 Å². The summed E-state index contributed by atoms with van der Waals surface area (Å²) in [6.07, 6.45) is 0. The molecular formula is C18H17N5O. The average Bonchev–Trinajstić information content (AvgIpc) is 3.06. The van der Waals surface area contributed by atoms with Gasteiger partial charge >= 0.3 is 6.03 Å². The molecule has 3 aromatic rings. The van der Waals surface area contributed by atoms with Gasteiger partial charge in [-0.25, -0.2) is 4.79 Å². The molecule has 6 heteroatoms. The van der Waals surface area contributed by atoms with Gasteiger partial charge in [0.2, 0.25) is 0 Å². The van der Waals surface area contributed by atoms with Gasteiger partial charge in [-0.3, -0.25) is 0 Å². The molecule has 0 unspecified atom stereocenters. The van der Waals surface area contributed by atoms with Crippen LogP contribution in [0.3, 0.4) is 0 Å². The number of carbonyl (C=O) groups is 1. The molecule has 4 rings (SSSR count). The van der Waals surface area contributed by atoms with Gasteiger partial charge in [-0.05, 0) is 12.1 Å². The number of fused-ring (bicyclic) bond motifs is 1. The molecule has 0 bridgehead atoms. The van der Waals surface area contributed by atoms with Crippen molar-refractivity contribution >= 4 is 11.7 Å². The topological polar surface area (TPSA) is 63.1 Å². The molecule has 24 heavy (non-hydrogen) atoms. The Kier molecular flexibility index (Phi) is 3.70. The first-order valence-corrected chi connectivity index (χ1v) is 7.90. The third kappa shape index (κ3) is 2.74. The van der Waals surface area contributed by atoms with Crippen molar-refractivity contribution in [1.82, 2.24) is 19.7 Å². The van der Waals surface area contributed by atoms with Crippen LogP contribution in [0.1, 0.15) is 5.82 Å². The molecule has 6 nitrogen and oxygen atoms in total. The molecule has 1 aromatic heterocycles. The molecule has 2 amide bonds. The van der Waals surface area contributed by atoms with Crippen LogP contribution in [0.4, 0.5) is 10.5 Å². The summed E-state index contributed by atoms with van der Waals surface area (Å²) < 4.78 is 2.08. The molecular weight excluding hydrogens is 302 g/mol. The van der Waals surface area contributed by atoms with E-state index in [-0.39, 0.29) is 6.03 Å². The number of nitrogens with zero attached hydrogens (tertiary/aromatic N) is 4. The fourth-order valence-electron chi connectivity index (χ4n) is 2.86. The van der Waals surface area contributed by atoms with Crippen LogP contribution in [0, 0.1) is 0 Å². The number of hydrogen-bond donors (Lipinski definition) is 1. The Hall–Kier alpha value is -3.15. The first-order chi connectivity index (χ1) is 11.8. The van der Waals surface area contributed by atoms with E-state index >= 15 is 0 Å². The van der Waals surface area contributed by atoms with Crippen molar-refractivity contribution in [3.8, 4) is 11.4 Å².